The molecule has 0 saturated heterocycles. The molecule has 1 unspecified atom stereocenters. The number of fused-ring (bicyclic) bond motifs is 1. The van der Waals surface area contributed by atoms with Crippen molar-refractivity contribution in [2.24, 2.45) is 0 Å². The van der Waals surface area contributed by atoms with Gasteiger partial charge in [-0.05, 0) is 17.7 Å². The van der Waals surface area contributed by atoms with E-state index in [1.807, 2.05) is 24.3 Å². The zero-order chi connectivity index (χ0) is 12.5. The lowest BCUT2D eigenvalue weighted by Crippen LogP contribution is -2.03. The predicted octanol–water partition coefficient (Wildman–Crippen LogP) is 1.74. The standard InChI is InChI=1S/C13H13N3O2/c1-17-9-4-2-8(3-5-9)11-6-10-12(14)15-7-16-13(10)18-11/h2-5,7,11H,6H2,1H3,(H2,14,15,16). The number of nitrogens with two attached hydrogens (primary N) is 1. The Morgan fingerprint density at radius 1 is 1.28 bits per heavy atom. The van der Waals surface area contributed by atoms with Gasteiger partial charge in [0.2, 0.25) is 5.88 Å². The summed E-state index contributed by atoms with van der Waals surface area (Å²) in [6.45, 7) is 0. The van der Waals surface area contributed by atoms with Crippen LogP contribution in [0.3, 0.4) is 0 Å². The van der Waals surface area contributed by atoms with Crippen LogP contribution >= 0.6 is 0 Å². The van der Waals surface area contributed by atoms with Crippen molar-refractivity contribution in [3.8, 4) is 11.6 Å². The van der Waals surface area contributed by atoms with Gasteiger partial charge < -0.3 is 15.2 Å². The Hall–Kier alpha value is -2.30. The molecule has 0 radical (unpaired) electrons. The second-order valence-electron chi connectivity index (χ2n) is 4.13. The summed E-state index contributed by atoms with van der Waals surface area (Å²) in [6.07, 6.45) is 2.07. The molecular formula is C13H13N3O2. The number of nitrogens with zero attached hydrogens (tertiary/aromatic N) is 2. The van der Waals surface area contributed by atoms with E-state index in [4.69, 9.17) is 15.2 Å². The number of rotatable bonds is 2. The van der Waals surface area contributed by atoms with Gasteiger partial charge in [-0.15, -0.1) is 0 Å². The number of hydrogen-bond donors (Lipinski definition) is 1. The number of aromatic nitrogens is 2. The van der Waals surface area contributed by atoms with Gasteiger partial charge in [0.15, 0.2) is 0 Å². The van der Waals surface area contributed by atoms with Crippen LogP contribution in [0.5, 0.6) is 11.6 Å². The molecule has 0 aliphatic carbocycles. The summed E-state index contributed by atoms with van der Waals surface area (Å²) in [7, 11) is 1.65. The van der Waals surface area contributed by atoms with E-state index in [0.29, 0.717) is 18.1 Å². The summed E-state index contributed by atoms with van der Waals surface area (Å²) >= 11 is 0. The van der Waals surface area contributed by atoms with Crippen molar-refractivity contribution in [1.29, 1.82) is 0 Å². The highest BCUT2D eigenvalue weighted by Crippen LogP contribution is 2.37. The van der Waals surface area contributed by atoms with Gasteiger partial charge in [-0.25, -0.2) is 9.97 Å². The molecule has 2 heterocycles. The molecule has 1 aromatic heterocycles. The molecule has 1 atom stereocenters. The molecule has 0 amide bonds. The fourth-order valence-corrected chi connectivity index (χ4v) is 2.07. The molecule has 1 aliphatic heterocycles. The highest BCUT2D eigenvalue weighted by Gasteiger charge is 2.27. The first kappa shape index (κ1) is 10.8. The van der Waals surface area contributed by atoms with Gasteiger partial charge >= 0.3 is 0 Å². The maximum absolute atomic E-state index is 5.81. The topological polar surface area (TPSA) is 70.3 Å². The molecule has 3 rings (SSSR count). The van der Waals surface area contributed by atoms with Crippen LogP contribution in [0.2, 0.25) is 0 Å². The minimum absolute atomic E-state index is 0.0510. The van der Waals surface area contributed by atoms with Crippen LogP contribution in [0.25, 0.3) is 0 Å². The van der Waals surface area contributed by atoms with E-state index < -0.39 is 0 Å². The molecule has 0 saturated carbocycles. The maximum Gasteiger partial charge on any atom is 0.222 e. The average Bonchev–Trinajstić information content (AvgIpc) is 2.84. The van der Waals surface area contributed by atoms with Crippen LogP contribution in [-0.4, -0.2) is 17.1 Å². The second-order valence-corrected chi connectivity index (χ2v) is 4.13. The summed E-state index contributed by atoms with van der Waals surface area (Å²) < 4.78 is 10.9. The normalized spacial score (nSPS) is 17.1. The van der Waals surface area contributed by atoms with Crippen molar-refractivity contribution < 1.29 is 9.47 Å². The zero-order valence-corrected chi connectivity index (χ0v) is 9.96. The summed E-state index contributed by atoms with van der Waals surface area (Å²) in [4.78, 5) is 8.06. The van der Waals surface area contributed by atoms with E-state index in [1.165, 1.54) is 6.33 Å². The van der Waals surface area contributed by atoms with Crippen molar-refractivity contribution in [3.63, 3.8) is 0 Å². The average molecular weight is 243 g/mol. The molecule has 1 aromatic carbocycles. The molecule has 18 heavy (non-hydrogen) atoms. The van der Waals surface area contributed by atoms with E-state index in [-0.39, 0.29) is 6.10 Å². The van der Waals surface area contributed by atoms with Crippen LogP contribution in [-0.2, 0) is 6.42 Å². The summed E-state index contributed by atoms with van der Waals surface area (Å²) in [6, 6.07) is 7.80. The third-order valence-corrected chi connectivity index (χ3v) is 3.07. The van der Waals surface area contributed by atoms with Gasteiger partial charge in [0.05, 0.1) is 12.7 Å². The van der Waals surface area contributed by atoms with Gasteiger partial charge in [0.25, 0.3) is 0 Å². The largest absolute Gasteiger partial charge is 0.497 e. The first-order valence-electron chi connectivity index (χ1n) is 5.68. The summed E-state index contributed by atoms with van der Waals surface area (Å²) in [5, 5.41) is 0. The van der Waals surface area contributed by atoms with Crippen LogP contribution in [0.15, 0.2) is 30.6 Å². The third kappa shape index (κ3) is 1.73. The molecule has 5 heteroatoms. The van der Waals surface area contributed by atoms with Crippen LogP contribution in [0.1, 0.15) is 17.2 Å². The van der Waals surface area contributed by atoms with Crippen molar-refractivity contribution >= 4 is 5.82 Å². The van der Waals surface area contributed by atoms with Crippen LogP contribution < -0.4 is 15.2 Å². The van der Waals surface area contributed by atoms with E-state index in [0.717, 1.165) is 16.9 Å². The zero-order valence-electron chi connectivity index (χ0n) is 9.96. The molecule has 92 valence electrons. The van der Waals surface area contributed by atoms with Crippen molar-refractivity contribution in [2.75, 3.05) is 12.8 Å². The highest BCUT2D eigenvalue weighted by molar-refractivity contribution is 5.48. The number of nitrogen functional groups attached to an aromatic ring is 1. The smallest absolute Gasteiger partial charge is 0.222 e. The number of anilines is 1. The summed E-state index contributed by atoms with van der Waals surface area (Å²) in [5.74, 6) is 1.91. The quantitative estimate of drug-likeness (QED) is 0.870. The minimum Gasteiger partial charge on any atom is -0.497 e. The van der Waals surface area contributed by atoms with E-state index in [2.05, 4.69) is 9.97 Å². The Morgan fingerprint density at radius 2 is 2.06 bits per heavy atom. The highest BCUT2D eigenvalue weighted by atomic mass is 16.5. The van der Waals surface area contributed by atoms with E-state index in [1.54, 1.807) is 7.11 Å². The Balaban J connectivity index is 1.86. The van der Waals surface area contributed by atoms with Gasteiger partial charge in [0, 0.05) is 6.42 Å². The van der Waals surface area contributed by atoms with Crippen LogP contribution in [0.4, 0.5) is 5.82 Å². The van der Waals surface area contributed by atoms with E-state index in [9.17, 15) is 0 Å². The number of hydrogen-bond acceptors (Lipinski definition) is 5. The van der Waals surface area contributed by atoms with Crippen molar-refractivity contribution in [2.45, 2.75) is 12.5 Å². The molecule has 0 spiro atoms. The Bertz CT molecular complexity index is 569. The maximum atomic E-state index is 5.81. The van der Waals surface area contributed by atoms with Gasteiger partial charge in [-0.1, -0.05) is 12.1 Å². The molecule has 5 nitrogen and oxygen atoms in total. The summed E-state index contributed by atoms with van der Waals surface area (Å²) in [5.41, 5.74) is 7.77. The first-order chi connectivity index (χ1) is 8.78. The molecule has 2 aromatic rings. The lowest BCUT2D eigenvalue weighted by Gasteiger charge is -2.10. The Morgan fingerprint density at radius 3 is 2.72 bits per heavy atom. The van der Waals surface area contributed by atoms with Crippen molar-refractivity contribution in [3.05, 3.63) is 41.7 Å². The monoisotopic (exact) mass is 243 g/mol. The third-order valence-electron chi connectivity index (χ3n) is 3.07. The van der Waals surface area contributed by atoms with Gasteiger partial charge in [0.1, 0.15) is 24.0 Å². The lowest BCUT2D eigenvalue weighted by atomic mass is 10.0. The number of benzene rings is 1. The lowest BCUT2D eigenvalue weighted by molar-refractivity contribution is 0.230. The molecule has 0 bridgehead atoms. The molecule has 0 fully saturated rings. The SMILES string of the molecule is COc1ccc(C2Cc3c(N)ncnc3O2)cc1. The predicted molar refractivity (Wildman–Crippen MR) is 66.5 cm³/mol. The molecule has 2 N–H and O–H groups in total. The number of ether oxygens (including phenoxy) is 2. The fourth-order valence-electron chi connectivity index (χ4n) is 2.07. The second kappa shape index (κ2) is 4.18. The fraction of sp³-hybridized carbons (Fsp3) is 0.231. The van der Waals surface area contributed by atoms with Gasteiger partial charge in [-0.2, -0.15) is 0 Å². The molecular weight excluding hydrogens is 230 g/mol. The molecule has 1 aliphatic rings. The van der Waals surface area contributed by atoms with Crippen molar-refractivity contribution in [1.82, 2.24) is 9.97 Å². The number of methoxy groups -OCH3 is 1. The minimum atomic E-state index is -0.0510. The van der Waals surface area contributed by atoms with Crippen LogP contribution in [0, 0.1) is 0 Å². The Kier molecular flexibility index (Phi) is 2.51. The first-order valence-corrected chi connectivity index (χ1v) is 5.68. The van der Waals surface area contributed by atoms with Gasteiger partial charge in [-0.3, -0.25) is 0 Å². The Labute approximate surface area is 105 Å². The van der Waals surface area contributed by atoms with E-state index >= 15 is 0 Å².